The minimum atomic E-state index is -0.111. The number of benzene rings is 1. The molecule has 0 saturated carbocycles. The summed E-state index contributed by atoms with van der Waals surface area (Å²) in [6.07, 6.45) is 7.70. The predicted molar refractivity (Wildman–Crippen MR) is 102 cm³/mol. The largest absolute Gasteiger partial charge is 0.346 e. The van der Waals surface area contributed by atoms with E-state index in [1.807, 2.05) is 30.6 Å². The fourth-order valence-corrected chi connectivity index (χ4v) is 4.08. The number of aromatic nitrogens is 4. The summed E-state index contributed by atoms with van der Waals surface area (Å²) in [5.41, 5.74) is 4.71. The molecule has 5 nitrogen and oxygen atoms in total. The maximum Gasteiger partial charge on any atom is 0.138 e. The van der Waals surface area contributed by atoms with Crippen molar-refractivity contribution < 1.29 is 4.39 Å². The first-order valence-electron chi connectivity index (χ1n) is 9.24. The molecule has 3 aromatic heterocycles. The molecule has 6 heteroatoms. The first-order valence-corrected chi connectivity index (χ1v) is 9.24. The zero-order valence-corrected chi connectivity index (χ0v) is 14.8. The highest BCUT2D eigenvalue weighted by Crippen LogP contribution is 2.35. The van der Waals surface area contributed by atoms with Gasteiger partial charge < -0.3 is 4.98 Å². The number of hydrogen-bond acceptors (Lipinski definition) is 3. The summed E-state index contributed by atoms with van der Waals surface area (Å²) in [6, 6.07) is 11.4. The van der Waals surface area contributed by atoms with E-state index in [0.29, 0.717) is 0 Å². The third-order valence-electron chi connectivity index (χ3n) is 5.42. The first-order chi connectivity index (χ1) is 13.3. The van der Waals surface area contributed by atoms with Crippen LogP contribution in [0.4, 0.5) is 4.39 Å². The van der Waals surface area contributed by atoms with Gasteiger partial charge in [0.05, 0.1) is 11.9 Å². The van der Waals surface area contributed by atoms with Crippen molar-refractivity contribution in [3.63, 3.8) is 0 Å². The van der Waals surface area contributed by atoms with Crippen molar-refractivity contribution in [1.29, 1.82) is 0 Å². The fraction of sp³-hybridized carbons (Fsp3) is 0.238. The molecule has 0 amide bonds. The average molecular weight is 361 g/mol. The monoisotopic (exact) mass is 361 g/mol. The number of likely N-dealkylation sites (tertiary alicyclic amines) is 1. The molecule has 4 aromatic rings. The number of rotatable bonds is 4. The number of nitrogens with zero attached hydrogens (tertiary/aromatic N) is 3. The van der Waals surface area contributed by atoms with Crippen LogP contribution in [0.3, 0.4) is 0 Å². The smallest absolute Gasteiger partial charge is 0.138 e. The third kappa shape index (κ3) is 2.92. The predicted octanol–water partition coefficient (Wildman–Crippen LogP) is 4.43. The molecule has 5 rings (SSSR count). The summed E-state index contributed by atoms with van der Waals surface area (Å²) in [4.78, 5) is 10.4. The van der Waals surface area contributed by atoms with E-state index in [9.17, 15) is 4.39 Å². The SMILES string of the molecule is Fc1ccccc1[C@H]1CCCN1Cc1c[nH]c2nc(-c3cn[nH]c3)ccc12. The molecule has 2 N–H and O–H groups in total. The molecule has 0 radical (unpaired) electrons. The molecule has 136 valence electrons. The Morgan fingerprint density at radius 2 is 2.07 bits per heavy atom. The van der Waals surface area contributed by atoms with Crippen LogP contribution in [0.2, 0.25) is 0 Å². The summed E-state index contributed by atoms with van der Waals surface area (Å²) in [5.74, 6) is -0.111. The second kappa shape index (κ2) is 6.63. The third-order valence-corrected chi connectivity index (χ3v) is 5.42. The quantitative estimate of drug-likeness (QED) is 0.565. The van der Waals surface area contributed by atoms with E-state index in [1.165, 1.54) is 5.56 Å². The molecule has 1 fully saturated rings. The highest BCUT2D eigenvalue weighted by Gasteiger charge is 2.28. The van der Waals surface area contributed by atoms with Crippen LogP contribution in [0.25, 0.3) is 22.3 Å². The van der Waals surface area contributed by atoms with Gasteiger partial charge in [-0.15, -0.1) is 0 Å². The minimum Gasteiger partial charge on any atom is -0.346 e. The maximum atomic E-state index is 14.3. The van der Waals surface area contributed by atoms with Gasteiger partial charge in [-0.2, -0.15) is 5.10 Å². The van der Waals surface area contributed by atoms with Crippen molar-refractivity contribution in [3.8, 4) is 11.3 Å². The topological polar surface area (TPSA) is 60.6 Å². The Bertz CT molecular complexity index is 1070. The van der Waals surface area contributed by atoms with E-state index in [1.54, 1.807) is 18.3 Å². The lowest BCUT2D eigenvalue weighted by Crippen LogP contribution is -2.23. The van der Waals surface area contributed by atoms with Gasteiger partial charge in [0, 0.05) is 41.5 Å². The summed E-state index contributed by atoms with van der Waals surface area (Å²) in [7, 11) is 0. The van der Waals surface area contributed by atoms with Gasteiger partial charge in [-0.1, -0.05) is 18.2 Å². The molecular formula is C21H20FN5. The Balaban J connectivity index is 1.43. The van der Waals surface area contributed by atoms with Gasteiger partial charge in [0.1, 0.15) is 11.5 Å². The van der Waals surface area contributed by atoms with Gasteiger partial charge in [-0.05, 0) is 43.1 Å². The molecular weight excluding hydrogens is 341 g/mol. The van der Waals surface area contributed by atoms with Crippen molar-refractivity contribution in [2.24, 2.45) is 0 Å². The van der Waals surface area contributed by atoms with Gasteiger partial charge in [-0.3, -0.25) is 10.00 Å². The standard InChI is InChI=1S/C21H20FN5/c22-18-5-2-1-4-17(18)20-6-3-9-27(20)13-15-10-23-21-16(15)7-8-19(26-21)14-11-24-25-12-14/h1-2,4-5,7-8,10-12,20H,3,6,9,13H2,(H,23,26)(H,24,25)/t20-/m1/s1. The molecule has 1 atom stereocenters. The van der Waals surface area contributed by atoms with E-state index in [-0.39, 0.29) is 11.9 Å². The van der Waals surface area contributed by atoms with Gasteiger partial charge in [0.2, 0.25) is 0 Å². The molecule has 1 aromatic carbocycles. The van der Waals surface area contributed by atoms with Crippen LogP contribution in [0, 0.1) is 5.82 Å². The Labute approximate surface area is 156 Å². The van der Waals surface area contributed by atoms with Gasteiger partial charge in [0.25, 0.3) is 0 Å². The Morgan fingerprint density at radius 3 is 2.93 bits per heavy atom. The lowest BCUT2D eigenvalue weighted by atomic mass is 10.0. The van der Waals surface area contributed by atoms with E-state index in [4.69, 9.17) is 4.98 Å². The number of fused-ring (bicyclic) bond motifs is 1. The number of halogens is 1. The zero-order chi connectivity index (χ0) is 18.2. The highest BCUT2D eigenvalue weighted by molar-refractivity contribution is 5.82. The number of aromatic amines is 2. The van der Waals surface area contributed by atoms with Crippen molar-refractivity contribution >= 4 is 11.0 Å². The highest BCUT2D eigenvalue weighted by atomic mass is 19.1. The van der Waals surface area contributed by atoms with E-state index < -0.39 is 0 Å². The van der Waals surface area contributed by atoms with E-state index >= 15 is 0 Å². The van der Waals surface area contributed by atoms with E-state index in [2.05, 4.69) is 26.1 Å². The normalized spacial score (nSPS) is 17.7. The van der Waals surface area contributed by atoms with Crippen LogP contribution in [-0.4, -0.2) is 31.6 Å². The maximum absolute atomic E-state index is 14.3. The summed E-state index contributed by atoms with van der Waals surface area (Å²) in [6.45, 7) is 1.76. The molecule has 0 bridgehead atoms. The molecule has 0 unspecified atom stereocenters. The van der Waals surface area contributed by atoms with Crippen molar-refractivity contribution in [2.45, 2.75) is 25.4 Å². The molecule has 27 heavy (non-hydrogen) atoms. The second-order valence-corrected chi connectivity index (χ2v) is 7.04. The van der Waals surface area contributed by atoms with Crippen molar-refractivity contribution in [2.75, 3.05) is 6.54 Å². The molecule has 0 aliphatic carbocycles. The number of hydrogen-bond donors (Lipinski definition) is 2. The van der Waals surface area contributed by atoms with Gasteiger partial charge in [0.15, 0.2) is 0 Å². The molecule has 1 saturated heterocycles. The Kier molecular flexibility index (Phi) is 3.98. The Hall–Kier alpha value is -2.99. The molecule has 4 heterocycles. The van der Waals surface area contributed by atoms with E-state index in [0.717, 1.165) is 53.8 Å². The summed E-state index contributed by atoms with van der Waals surface area (Å²) in [5, 5.41) is 7.91. The lowest BCUT2D eigenvalue weighted by Gasteiger charge is -2.25. The summed E-state index contributed by atoms with van der Waals surface area (Å²) < 4.78 is 14.3. The Morgan fingerprint density at radius 1 is 1.15 bits per heavy atom. The average Bonchev–Trinajstić information content (AvgIpc) is 3.43. The van der Waals surface area contributed by atoms with Crippen LogP contribution in [0.1, 0.15) is 30.0 Å². The lowest BCUT2D eigenvalue weighted by molar-refractivity contribution is 0.244. The van der Waals surface area contributed by atoms with Crippen molar-refractivity contribution in [1.82, 2.24) is 25.1 Å². The first kappa shape index (κ1) is 16.2. The number of pyridine rings is 1. The van der Waals surface area contributed by atoms with Gasteiger partial charge >= 0.3 is 0 Å². The number of H-pyrrole nitrogens is 2. The van der Waals surface area contributed by atoms with Crippen LogP contribution >= 0.6 is 0 Å². The molecule has 1 aliphatic rings. The zero-order valence-electron chi connectivity index (χ0n) is 14.8. The van der Waals surface area contributed by atoms with Crippen LogP contribution < -0.4 is 0 Å². The van der Waals surface area contributed by atoms with Crippen LogP contribution in [0.15, 0.2) is 55.0 Å². The van der Waals surface area contributed by atoms with Crippen LogP contribution in [-0.2, 0) is 6.54 Å². The van der Waals surface area contributed by atoms with Crippen molar-refractivity contribution in [3.05, 3.63) is 71.9 Å². The minimum absolute atomic E-state index is 0.111. The molecule has 1 aliphatic heterocycles. The van der Waals surface area contributed by atoms with Crippen LogP contribution in [0.5, 0.6) is 0 Å². The summed E-state index contributed by atoms with van der Waals surface area (Å²) >= 11 is 0. The molecule has 0 spiro atoms. The second-order valence-electron chi connectivity index (χ2n) is 7.04. The number of nitrogens with one attached hydrogen (secondary N) is 2. The fourth-order valence-electron chi connectivity index (χ4n) is 4.08. The van der Waals surface area contributed by atoms with Gasteiger partial charge in [-0.25, -0.2) is 9.37 Å².